The molecule has 0 aromatic heterocycles. The van der Waals surface area contributed by atoms with Gasteiger partial charge in [-0.1, -0.05) is 78.9 Å². The largest absolute Gasteiger partial charge is 0.448 e. The minimum absolute atomic E-state index is 0.0484. The average Bonchev–Trinajstić information content (AvgIpc) is 2.88. The molecule has 0 radical (unpaired) electrons. The van der Waals surface area contributed by atoms with Gasteiger partial charge in [0.1, 0.15) is 6.61 Å². The SMILES string of the molecule is CC(COC(=O)N1CCC(C2C=CC=CC2=O)CC1)N(Cc1ccccc1)Cc1ccccc1. The normalized spacial score (nSPS) is 19.4. The molecule has 0 bridgehead atoms. The lowest BCUT2D eigenvalue weighted by Gasteiger charge is -2.35. The van der Waals surface area contributed by atoms with Crippen molar-refractivity contribution in [2.24, 2.45) is 11.8 Å². The minimum atomic E-state index is -0.255. The number of rotatable bonds is 8. The van der Waals surface area contributed by atoms with Gasteiger partial charge in [-0.2, -0.15) is 0 Å². The van der Waals surface area contributed by atoms with Crippen LogP contribution in [0.15, 0.2) is 85.0 Å². The van der Waals surface area contributed by atoms with Gasteiger partial charge in [0.25, 0.3) is 0 Å². The van der Waals surface area contributed by atoms with Crippen molar-refractivity contribution < 1.29 is 14.3 Å². The second kappa shape index (κ2) is 11.8. The van der Waals surface area contributed by atoms with E-state index in [1.54, 1.807) is 17.1 Å². The van der Waals surface area contributed by atoms with Gasteiger partial charge < -0.3 is 9.64 Å². The first-order chi connectivity index (χ1) is 16.6. The maximum atomic E-state index is 12.8. The first-order valence-corrected chi connectivity index (χ1v) is 12.2. The molecule has 1 fully saturated rings. The molecule has 0 spiro atoms. The standard InChI is InChI=1S/C29H34N2O3/c1-23(31(20-24-10-4-2-5-11-24)21-25-12-6-3-7-13-25)22-34-29(33)30-18-16-26(17-19-30)27-14-8-9-15-28(27)32/h2-15,23,26-27H,16-22H2,1H3. The Bertz CT molecular complexity index is 953. The summed E-state index contributed by atoms with van der Waals surface area (Å²) in [7, 11) is 0. The molecule has 1 heterocycles. The van der Waals surface area contributed by atoms with Crippen molar-refractivity contribution in [3.8, 4) is 0 Å². The molecule has 1 amide bonds. The second-order valence-electron chi connectivity index (χ2n) is 9.30. The summed E-state index contributed by atoms with van der Waals surface area (Å²) in [6.07, 6.45) is 8.80. The highest BCUT2D eigenvalue weighted by Gasteiger charge is 2.31. The van der Waals surface area contributed by atoms with Crippen LogP contribution in [0.4, 0.5) is 4.79 Å². The number of carbonyl (C=O) groups excluding carboxylic acids is 2. The lowest BCUT2D eigenvalue weighted by atomic mass is 9.80. The van der Waals surface area contributed by atoms with E-state index >= 15 is 0 Å². The van der Waals surface area contributed by atoms with Crippen LogP contribution in [-0.2, 0) is 22.6 Å². The Labute approximate surface area is 202 Å². The summed E-state index contributed by atoms with van der Waals surface area (Å²) in [5.74, 6) is 0.422. The lowest BCUT2D eigenvalue weighted by molar-refractivity contribution is -0.118. The summed E-state index contributed by atoms with van der Waals surface area (Å²) >= 11 is 0. The number of benzene rings is 2. The highest BCUT2D eigenvalue weighted by Crippen LogP contribution is 2.29. The summed E-state index contributed by atoms with van der Waals surface area (Å²) in [6, 6.07) is 20.8. The monoisotopic (exact) mass is 458 g/mol. The van der Waals surface area contributed by atoms with Gasteiger partial charge in [0.15, 0.2) is 5.78 Å². The number of amides is 1. The number of carbonyl (C=O) groups is 2. The van der Waals surface area contributed by atoms with Crippen molar-refractivity contribution in [2.45, 2.75) is 38.9 Å². The first kappa shape index (κ1) is 24.0. The highest BCUT2D eigenvalue weighted by atomic mass is 16.6. The fourth-order valence-electron chi connectivity index (χ4n) is 4.76. The molecule has 2 aliphatic rings. The van der Waals surface area contributed by atoms with Crippen LogP contribution >= 0.6 is 0 Å². The molecule has 1 saturated heterocycles. The fraction of sp³-hybridized carbons (Fsp3) is 0.379. The van der Waals surface area contributed by atoms with E-state index in [2.05, 4.69) is 60.4 Å². The summed E-state index contributed by atoms with van der Waals surface area (Å²) in [6.45, 7) is 5.30. The molecule has 2 aromatic carbocycles. The van der Waals surface area contributed by atoms with Gasteiger partial charge in [0, 0.05) is 38.1 Å². The Morgan fingerprint density at radius 3 is 2.12 bits per heavy atom. The molecule has 2 atom stereocenters. The molecule has 5 nitrogen and oxygen atoms in total. The van der Waals surface area contributed by atoms with Gasteiger partial charge in [-0.25, -0.2) is 4.79 Å². The van der Waals surface area contributed by atoms with Crippen molar-refractivity contribution in [2.75, 3.05) is 19.7 Å². The van der Waals surface area contributed by atoms with Gasteiger partial charge in [0.2, 0.25) is 0 Å². The first-order valence-electron chi connectivity index (χ1n) is 12.2. The van der Waals surface area contributed by atoms with Crippen LogP contribution in [0, 0.1) is 11.8 Å². The lowest BCUT2D eigenvalue weighted by Crippen LogP contribution is -2.43. The van der Waals surface area contributed by atoms with E-state index in [1.165, 1.54) is 11.1 Å². The number of hydrogen-bond donors (Lipinski definition) is 0. The van der Waals surface area contributed by atoms with Crippen molar-refractivity contribution in [3.05, 3.63) is 96.1 Å². The van der Waals surface area contributed by atoms with Crippen LogP contribution in [0.3, 0.4) is 0 Å². The maximum Gasteiger partial charge on any atom is 0.409 e. The number of likely N-dealkylation sites (tertiary alicyclic amines) is 1. The van der Waals surface area contributed by atoms with E-state index in [1.807, 2.05) is 24.3 Å². The third-order valence-electron chi connectivity index (χ3n) is 6.85. The van der Waals surface area contributed by atoms with Crippen molar-refractivity contribution in [3.63, 3.8) is 0 Å². The molecule has 178 valence electrons. The molecule has 2 unspecified atom stereocenters. The summed E-state index contributed by atoms with van der Waals surface area (Å²) < 4.78 is 5.75. The van der Waals surface area contributed by atoms with Gasteiger partial charge in [-0.15, -0.1) is 0 Å². The van der Waals surface area contributed by atoms with Crippen LogP contribution in [0.5, 0.6) is 0 Å². The smallest absolute Gasteiger partial charge is 0.409 e. The number of nitrogens with zero attached hydrogens (tertiary/aromatic N) is 2. The molecule has 2 aromatic rings. The Morgan fingerprint density at radius 1 is 0.971 bits per heavy atom. The van der Waals surface area contributed by atoms with E-state index in [4.69, 9.17) is 4.74 Å². The summed E-state index contributed by atoms with van der Waals surface area (Å²) in [4.78, 5) is 29.1. The topological polar surface area (TPSA) is 49.9 Å². The Balaban J connectivity index is 1.29. The predicted octanol–water partition coefficient (Wildman–Crippen LogP) is 5.24. The molecule has 1 aliphatic carbocycles. The number of ketones is 1. The maximum absolute atomic E-state index is 12.8. The van der Waals surface area contributed by atoms with Gasteiger partial charge in [-0.3, -0.25) is 9.69 Å². The number of piperidine rings is 1. The molecule has 4 rings (SSSR count). The predicted molar refractivity (Wildman–Crippen MR) is 134 cm³/mol. The summed E-state index contributed by atoms with van der Waals surface area (Å²) in [5, 5.41) is 0. The third kappa shape index (κ3) is 6.45. The van der Waals surface area contributed by atoms with E-state index in [9.17, 15) is 9.59 Å². The molecule has 34 heavy (non-hydrogen) atoms. The van der Waals surface area contributed by atoms with E-state index in [0.717, 1.165) is 25.9 Å². The van der Waals surface area contributed by atoms with Gasteiger partial charge >= 0.3 is 6.09 Å². The van der Waals surface area contributed by atoms with E-state index in [0.29, 0.717) is 25.6 Å². The van der Waals surface area contributed by atoms with Crippen molar-refractivity contribution >= 4 is 11.9 Å². The third-order valence-corrected chi connectivity index (χ3v) is 6.85. The van der Waals surface area contributed by atoms with Crippen LogP contribution in [0.2, 0.25) is 0 Å². The second-order valence-corrected chi connectivity index (χ2v) is 9.30. The zero-order valence-electron chi connectivity index (χ0n) is 19.9. The molecular weight excluding hydrogens is 424 g/mol. The van der Waals surface area contributed by atoms with Crippen LogP contribution < -0.4 is 0 Å². The molecule has 0 N–H and O–H groups in total. The van der Waals surface area contributed by atoms with E-state index in [-0.39, 0.29) is 23.8 Å². The number of ether oxygens (including phenoxy) is 1. The van der Waals surface area contributed by atoms with Gasteiger partial charge in [0.05, 0.1) is 0 Å². The van der Waals surface area contributed by atoms with Crippen molar-refractivity contribution in [1.82, 2.24) is 9.80 Å². The van der Waals surface area contributed by atoms with Crippen molar-refractivity contribution in [1.29, 1.82) is 0 Å². The average molecular weight is 459 g/mol. The number of allylic oxidation sites excluding steroid dienone is 4. The molecule has 1 aliphatic heterocycles. The molecular formula is C29H34N2O3. The van der Waals surface area contributed by atoms with Gasteiger partial charge in [-0.05, 0) is 42.9 Å². The zero-order chi connectivity index (χ0) is 23.8. The molecule has 5 heteroatoms. The molecule has 0 saturated carbocycles. The minimum Gasteiger partial charge on any atom is -0.448 e. The summed E-state index contributed by atoms with van der Waals surface area (Å²) in [5.41, 5.74) is 2.47. The van der Waals surface area contributed by atoms with E-state index < -0.39 is 0 Å². The van der Waals surface area contributed by atoms with Crippen LogP contribution in [0.25, 0.3) is 0 Å². The highest BCUT2D eigenvalue weighted by molar-refractivity contribution is 5.94. The zero-order valence-corrected chi connectivity index (χ0v) is 19.9. The van der Waals surface area contributed by atoms with Crippen LogP contribution in [0.1, 0.15) is 30.9 Å². The Morgan fingerprint density at radius 2 is 1.56 bits per heavy atom. The quantitative estimate of drug-likeness (QED) is 0.543. The Hall–Kier alpha value is -3.18. The Kier molecular flexibility index (Phi) is 8.31. The van der Waals surface area contributed by atoms with Crippen LogP contribution in [-0.4, -0.2) is 47.4 Å². The fourth-order valence-corrected chi connectivity index (χ4v) is 4.76. The number of hydrogen-bond acceptors (Lipinski definition) is 4.